The molecule has 0 fully saturated rings. The lowest BCUT2D eigenvalue weighted by atomic mass is 9.97. The number of benzene rings is 3. The first-order chi connectivity index (χ1) is 12.7. The highest BCUT2D eigenvalue weighted by atomic mass is 16.5. The number of fused-ring (bicyclic) bond motifs is 2. The second-order valence-corrected chi connectivity index (χ2v) is 6.80. The van der Waals surface area contributed by atoms with E-state index in [1.807, 2.05) is 6.07 Å². The van der Waals surface area contributed by atoms with Gasteiger partial charge in [0.25, 0.3) is 0 Å². The van der Waals surface area contributed by atoms with E-state index < -0.39 is 0 Å². The number of aryl methyl sites for hydroxylation is 1. The normalized spacial score (nSPS) is 12.6. The molecule has 4 rings (SSSR count). The molecule has 1 atom stereocenters. The third-order valence-electron chi connectivity index (χ3n) is 5.09. The lowest BCUT2D eigenvalue weighted by Gasteiger charge is -2.15. The number of para-hydroxylation sites is 2. The molecule has 0 aliphatic carbocycles. The van der Waals surface area contributed by atoms with Gasteiger partial charge in [-0.15, -0.1) is 0 Å². The van der Waals surface area contributed by atoms with Crippen molar-refractivity contribution in [3.63, 3.8) is 0 Å². The Labute approximate surface area is 154 Å². The smallest absolute Gasteiger partial charge is 0.119 e. The Morgan fingerprint density at radius 3 is 2.58 bits per heavy atom. The van der Waals surface area contributed by atoms with Crippen LogP contribution in [-0.4, -0.2) is 16.7 Å². The fourth-order valence-corrected chi connectivity index (χ4v) is 3.67. The summed E-state index contributed by atoms with van der Waals surface area (Å²) in [5.41, 5.74) is 3.59. The van der Waals surface area contributed by atoms with E-state index in [1.165, 1.54) is 21.9 Å². The molecule has 1 unspecified atom stereocenters. The lowest BCUT2D eigenvalue weighted by Crippen LogP contribution is -2.08. The summed E-state index contributed by atoms with van der Waals surface area (Å²) in [4.78, 5) is 4.96. The van der Waals surface area contributed by atoms with Crippen molar-refractivity contribution in [3.8, 4) is 5.75 Å². The van der Waals surface area contributed by atoms with Crippen molar-refractivity contribution in [1.29, 1.82) is 0 Å². The van der Waals surface area contributed by atoms with Gasteiger partial charge in [0.05, 0.1) is 18.1 Å². The number of methoxy groups -OCH3 is 1. The quantitative estimate of drug-likeness (QED) is 0.460. The van der Waals surface area contributed by atoms with Crippen molar-refractivity contribution in [1.82, 2.24) is 9.55 Å². The maximum Gasteiger partial charge on any atom is 0.119 e. The van der Waals surface area contributed by atoms with Gasteiger partial charge in [0, 0.05) is 12.5 Å². The summed E-state index contributed by atoms with van der Waals surface area (Å²) in [6, 6.07) is 21.3. The first-order valence-corrected chi connectivity index (χ1v) is 9.24. The van der Waals surface area contributed by atoms with Gasteiger partial charge in [-0.25, -0.2) is 4.98 Å². The van der Waals surface area contributed by atoms with Crippen molar-refractivity contribution in [2.75, 3.05) is 7.11 Å². The number of nitrogens with zero attached hydrogens (tertiary/aromatic N) is 2. The molecule has 1 aromatic heterocycles. The molecule has 0 N–H and O–H groups in total. The minimum absolute atomic E-state index is 0.237. The minimum Gasteiger partial charge on any atom is -0.497 e. The monoisotopic (exact) mass is 344 g/mol. The molecule has 3 aromatic carbocycles. The molecule has 4 aromatic rings. The van der Waals surface area contributed by atoms with Gasteiger partial charge in [0.1, 0.15) is 11.6 Å². The van der Waals surface area contributed by atoms with Crippen LogP contribution in [0.15, 0.2) is 60.7 Å². The predicted molar refractivity (Wildman–Crippen MR) is 108 cm³/mol. The third-order valence-corrected chi connectivity index (χ3v) is 5.09. The van der Waals surface area contributed by atoms with E-state index in [2.05, 4.69) is 73.0 Å². The van der Waals surface area contributed by atoms with E-state index in [9.17, 15) is 0 Å². The van der Waals surface area contributed by atoms with Gasteiger partial charge in [0.15, 0.2) is 0 Å². The Bertz CT molecular complexity index is 1060. The van der Waals surface area contributed by atoms with Crippen LogP contribution in [0.1, 0.15) is 37.6 Å². The Morgan fingerprint density at radius 2 is 1.77 bits per heavy atom. The van der Waals surface area contributed by atoms with Gasteiger partial charge in [-0.05, 0) is 47.0 Å². The van der Waals surface area contributed by atoms with Crippen molar-refractivity contribution in [2.45, 2.75) is 32.7 Å². The zero-order valence-electron chi connectivity index (χ0n) is 15.6. The summed E-state index contributed by atoms with van der Waals surface area (Å²) in [6.45, 7) is 5.45. The van der Waals surface area contributed by atoms with Gasteiger partial charge >= 0.3 is 0 Å². The van der Waals surface area contributed by atoms with Crippen LogP contribution in [0.5, 0.6) is 5.75 Å². The maximum absolute atomic E-state index is 5.33. The fourth-order valence-electron chi connectivity index (χ4n) is 3.67. The first-order valence-electron chi connectivity index (χ1n) is 9.24. The topological polar surface area (TPSA) is 27.1 Å². The number of aromatic nitrogens is 2. The highest BCUT2D eigenvalue weighted by Crippen LogP contribution is 2.30. The number of hydrogen-bond acceptors (Lipinski definition) is 2. The summed E-state index contributed by atoms with van der Waals surface area (Å²) < 4.78 is 7.71. The highest BCUT2D eigenvalue weighted by Gasteiger charge is 2.18. The van der Waals surface area contributed by atoms with Gasteiger partial charge < -0.3 is 9.30 Å². The Kier molecular flexibility index (Phi) is 4.37. The van der Waals surface area contributed by atoms with Crippen molar-refractivity contribution >= 4 is 21.8 Å². The molecule has 1 heterocycles. The van der Waals surface area contributed by atoms with Crippen LogP contribution < -0.4 is 4.74 Å². The molecule has 0 saturated heterocycles. The van der Waals surface area contributed by atoms with E-state index in [1.54, 1.807) is 7.11 Å². The van der Waals surface area contributed by atoms with Crippen LogP contribution in [0.3, 0.4) is 0 Å². The van der Waals surface area contributed by atoms with E-state index in [-0.39, 0.29) is 5.92 Å². The largest absolute Gasteiger partial charge is 0.497 e. The molecular weight excluding hydrogens is 320 g/mol. The summed E-state index contributed by atoms with van der Waals surface area (Å²) in [6.07, 6.45) is 1.09. The molecule has 0 spiro atoms. The number of hydrogen-bond donors (Lipinski definition) is 0. The standard InChI is InChI=1S/C23H24N2O/c1-4-13-25-22-8-6-5-7-21(22)24-23(25)16(2)17-9-10-19-15-20(26-3)12-11-18(19)14-17/h5-12,14-16H,4,13H2,1-3H3. The van der Waals surface area contributed by atoms with Crippen LogP contribution in [-0.2, 0) is 6.54 Å². The molecule has 132 valence electrons. The summed E-state index contributed by atoms with van der Waals surface area (Å²) in [5.74, 6) is 2.27. The highest BCUT2D eigenvalue weighted by molar-refractivity contribution is 5.85. The van der Waals surface area contributed by atoms with Gasteiger partial charge in [-0.2, -0.15) is 0 Å². The number of imidazole rings is 1. The molecule has 0 aliphatic rings. The lowest BCUT2D eigenvalue weighted by molar-refractivity contribution is 0.415. The Morgan fingerprint density at radius 1 is 1.00 bits per heavy atom. The zero-order valence-corrected chi connectivity index (χ0v) is 15.6. The third kappa shape index (κ3) is 2.84. The molecule has 0 bridgehead atoms. The molecule has 0 aliphatic heterocycles. The molecule has 26 heavy (non-hydrogen) atoms. The first kappa shape index (κ1) is 16.6. The molecule has 3 nitrogen and oxygen atoms in total. The van der Waals surface area contributed by atoms with Gasteiger partial charge in [-0.1, -0.05) is 50.2 Å². The molecule has 0 saturated carbocycles. The van der Waals surface area contributed by atoms with Crippen LogP contribution in [0, 0.1) is 0 Å². The summed E-state index contributed by atoms with van der Waals surface area (Å²) in [7, 11) is 1.70. The Hall–Kier alpha value is -2.81. The van der Waals surface area contributed by atoms with E-state index >= 15 is 0 Å². The summed E-state index contributed by atoms with van der Waals surface area (Å²) in [5, 5.41) is 2.43. The van der Waals surface area contributed by atoms with Crippen molar-refractivity contribution in [3.05, 3.63) is 72.1 Å². The second kappa shape index (κ2) is 6.83. The predicted octanol–water partition coefficient (Wildman–Crippen LogP) is 5.76. The van der Waals surface area contributed by atoms with Crippen molar-refractivity contribution < 1.29 is 4.74 Å². The van der Waals surface area contributed by atoms with Crippen molar-refractivity contribution in [2.24, 2.45) is 0 Å². The van der Waals surface area contributed by atoms with Crippen LogP contribution in [0.25, 0.3) is 21.8 Å². The minimum atomic E-state index is 0.237. The second-order valence-electron chi connectivity index (χ2n) is 6.80. The molecule has 3 heteroatoms. The van der Waals surface area contributed by atoms with Crippen LogP contribution >= 0.6 is 0 Å². The van der Waals surface area contributed by atoms with E-state index in [0.717, 1.165) is 30.1 Å². The summed E-state index contributed by atoms with van der Waals surface area (Å²) >= 11 is 0. The van der Waals surface area contributed by atoms with Crippen LogP contribution in [0.4, 0.5) is 0 Å². The van der Waals surface area contributed by atoms with E-state index in [4.69, 9.17) is 9.72 Å². The maximum atomic E-state index is 5.33. The molecular formula is C23H24N2O. The molecule has 0 radical (unpaired) electrons. The average molecular weight is 344 g/mol. The van der Waals surface area contributed by atoms with E-state index in [0.29, 0.717) is 0 Å². The van der Waals surface area contributed by atoms with Gasteiger partial charge in [0.2, 0.25) is 0 Å². The molecule has 0 amide bonds. The SMILES string of the molecule is CCCn1c(C(C)c2ccc3cc(OC)ccc3c2)nc2ccccc21. The Balaban J connectivity index is 1.79. The average Bonchev–Trinajstić information content (AvgIpc) is 3.05. The fraction of sp³-hybridized carbons (Fsp3) is 0.261. The number of ether oxygens (including phenoxy) is 1. The number of rotatable bonds is 5. The van der Waals surface area contributed by atoms with Crippen LogP contribution in [0.2, 0.25) is 0 Å². The zero-order chi connectivity index (χ0) is 18.1. The van der Waals surface area contributed by atoms with Gasteiger partial charge in [-0.3, -0.25) is 0 Å².